The van der Waals surface area contributed by atoms with E-state index in [0.29, 0.717) is 13.2 Å². The fourth-order valence-corrected chi connectivity index (χ4v) is 6.89. The molecule has 3 aliphatic rings. The molecule has 0 amide bonds. The molecule has 0 bridgehead atoms. The van der Waals surface area contributed by atoms with Gasteiger partial charge in [0.1, 0.15) is 5.82 Å². The zero-order valence-electron chi connectivity index (χ0n) is 17.1. The first-order chi connectivity index (χ1) is 14.2. The van der Waals surface area contributed by atoms with Crippen LogP contribution >= 0.6 is 11.3 Å². The fourth-order valence-electron chi connectivity index (χ4n) is 5.70. The highest BCUT2D eigenvalue weighted by Crippen LogP contribution is 2.47. The highest BCUT2D eigenvalue weighted by molar-refractivity contribution is 7.10. The molecule has 0 radical (unpaired) electrons. The number of ether oxygens (including phenoxy) is 2. The van der Waals surface area contributed by atoms with E-state index in [1.54, 1.807) is 28.3 Å². The standard InChI is InChI=1S/C24H30FNO2S/c25-19-7-11-26-22(14-19)23(9-13-28-24(16-23)10-12-27-17-24)8-2-1-6-21-20-5-3-4-18(20)15-29-21/h7,11,14-15H,1-6,8-10,12-13,16-17H2. The number of aromatic nitrogens is 1. The zero-order valence-corrected chi connectivity index (χ0v) is 17.9. The summed E-state index contributed by atoms with van der Waals surface area (Å²) in [7, 11) is 0. The van der Waals surface area contributed by atoms with Crippen molar-refractivity contribution in [3.63, 3.8) is 0 Å². The van der Waals surface area contributed by atoms with Crippen LogP contribution in [0.4, 0.5) is 4.39 Å². The minimum absolute atomic E-state index is 0.106. The van der Waals surface area contributed by atoms with Gasteiger partial charge in [-0.3, -0.25) is 4.98 Å². The molecule has 2 aliphatic heterocycles. The Morgan fingerprint density at radius 2 is 2.14 bits per heavy atom. The van der Waals surface area contributed by atoms with Crippen LogP contribution in [0.25, 0.3) is 0 Å². The number of nitrogens with zero attached hydrogens (tertiary/aromatic N) is 1. The molecule has 156 valence electrons. The fraction of sp³-hybridized carbons (Fsp3) is 0.625. The predicted molar refractivity (Wildman–Crippen MR) is 113 cm³/mol. The van der Waals surface area contributed by atoms with Gasteiger partial charge in [0.05, 0.1) is 12.2 Å². The van der Waals surface area contributed by atoms with Crippen LogP contribution in [-0.4, -0.2) is 30.4 Å². The van der Waals surface area contributed by atoms with Gasteiger partial charge in [-0.25, -0.2) is 4.39 Å². The maximum atomic E-state index is 14.1. The number of pyridine rings is 1. The largest absolute Gasteiger partial charge is 0.378 e. The lowest BCUT2D eigenvalue weighted by Gasteiger charge is -2.45. The molecule has 5 rings (SSSR count). The summed E-state index contributed by atoms with van der Waals surface area (Å²) in [5.74, 6) is -0.188. The number of hydrogen-bond donors (Lipinski definition) is 0. The molecule has 2 aromatic rings. The molecular formula is C24H30FNO2S. The summed E-state index contributed by atoms with van der Waals surface area (Å²) in [6.07, 6.45) is 12.8. The third kappa shape index (κ3) is 3.89. The Hall–Kier alpha value is -1.30. The van der Waals surface area contributed by atoms with Gasteiger partial charge in [0.25, 0.3) is 0 Å². The van der Waals surface area contributed by atoms with E-state index >= 15 is 0 Å². The van der Waals surface area contributed by atoms with Gasteiger partial charge in [-0.15, -0.1) is 11.3 Å². The van der Waals surface area contributed by atoms with E-state index in [-0.39, 0.29) is 16.8 Å². The lowest BCUT2D eigenvalue weighted by atomic mass is 9.67. The Labute approximate surface area is 176 Å². The van der Waals surface area contributed by atoms with Crippen molar-refractivity contribution in [3.05, 3.63) is 51.2 Å². The Kier molecular flexibility index (Phi) is 5.48. The molecule has 2 unspecified atom stereocenters. The van der Waals surface area contributed by atoms with Crippen LogP contribution < -0.4 is 0 Å². The number of rotatable bonds is 6. The summed E-state index contributed by atoms with van der Waals surface area (Å²) in [5.41, 5.74) is 3.83. The maximum absolute atomic E-state index is 14.1. The van der Waals surface area contributed by atoms with E-state index in [1.807, 2.05) is 11.3 Å². The van der Waals surface area contributed by atoms with E-state index in [1.165, 1.54) is 38.2 Å². The second-order valence-corrected chi connectivity index (χ2v) is 10.1. The lowest BCUT2D eigenvalue weighted by molar-refractivity contribution is -0.109. The third-order valence-electron chi connectivity index (χ3n) is 7.23. The molecule has 0 N–H and O–H groups in total. The summed E-state index contributed by atoms with van der Waals surface area (Å²) in [5, 5.41) is 2.37. The van der Waals surface area contributed by atoms with E-state index < -0.39 is 0 Å². The SMILES string of the molecule is Fc1ccnc(C2(CCCCc3scc4c3CCC4)CCOC3(CCOC3)C2)c1. The van der Waals surface area contributed by atoms with Crippen LogP contribution in [-0.2, 0) is 34.2 Å². The highest BCUT2D eigenvalue weighted by atomic mass is 32.1. The first-order valence-corrected chi connectivity index (χ1v) is 12.0. The van der Waals surface area contributed by atoms with Crippen molar-refractivity contribution in [1.29, 1.82) is 0 Å². The van der Waals surface area contributed by atoms with E-state index in [9.17, 15) is 4.39 Å². The third-order valence-corrected chi connectivity index (χ3v) is 8.37. The van der Waals surface area contributed by atoms with Gasteiger partial charge in [-0.2, -0.15) is 0 Å². The monoisotopic (exact) mass is 415 g/mol. The number of halogens is 1. The molecule has 2 fully saturated rings. The van der Waals surface area contributed by atoms with Gasteiger partial charge in [0.15, 0.2) is 0 Å². The Balaban J connectivity index is 1.30. The van der Waals surface area contributed by atoms with Gasteiger partial charge < -0.3 is 9.47 Å². The summed E-state index contributed by atoms with van der Waals surface area (Å²) in [6, 6.07) is 3.10. The normalized spacial score (nSPS) is 28.9. The van der Waals surface area contributed by atoms with Gasteiger partial charge in [0.2, 0.25) is 0 Å². The van der Waals surface area contributed by atoms with Crippen LogP contribution in [0, 0.1) is 5.82 Å². The van der Waals surface area contributed by atoms with Gasteiger partial charge in [-0.05, 0) is 80.0 Å². The quantitative estimate of drug-likeness (QED) is 0.593. The van der Waals surface area contributed by atoms with Gasteiger partial charge >= 0.3 is 0 Å². The minimum atomic E-state index is -0.208. The predicted octanol–water partition coefficient (Wildman–Crippen LogP) is 5.39. The van der Waals surface area contributed by atoms with E-state index in [2.05, 4.69) is 10.4 Å². The van der Waals surface area contributed by atoms with E-state index in [4.69, 9.17) is 9.47 Å². The molecule has 0 aromatic carbocycles. The van der Waals surface area contributed by atoms with E-state index in [0.717, 1.165) is 44.4 Å². The van der Waals surface area contributed by atoms with Crippen LogP contribution in [0.2, 0.25) is 0 Å². The molecular weight excluding hydrogens is 385 g/mol. The van der Waals surface area contributed by atoms with Crippen molar-refractivity contribution in [2.75, 3.05) is 19.8 Å². The minimum Gasteiger partial charge on any atom is -0.378 e. The number of hydrogen-bond acceptors (Lipinski definition) is 4. The van der Waals surface area contributed by atoms with Crippen molar-refractivity contribution in [3.8, 4) is 0 Å². The van der Waals surface area contributed by atoms with Crippen molar-refractivity contribution in [1.82, 2.24) is 4.98 Å². The molecule has 2 atom stereocenters. The Morgan fingerprint density at radius 3 is 3.00 bits per heavy atom. The summed E-state index contributed by atoms with van der Waals surface area (Å²) in [6.45, 7) is 2.13. The summed E-state index contributed by atoms with van der Waals surface area (Å²) in [4.78, 5) is 6.23. The molecule has 29 heavy (non-hydrogen) atoms. The average molecular weight is 416 g/mol. The Bertz CT molecular complexity index is 860. The molecule has 1 spiro atoms. The van der Waals surface area contributed by atoms with Crippen LogP contribution in [0.1, 0.15) is 66.6 Å². The second-order valence-electron chi connectivity index (χ2n) is 9.12. The topological polar surface area (TPSA) is 31.4 Å². The molecule has 2 aromatic heterocycles. The molecule has 4 heterocycles. The highest BCUT2D eigenvalue weighted by Gasteiger charge is 2.49. The lowest BCUT2D eigenvalue weighted by Crippen LogP contribution is -2.48. The van der Waals surface area contributed by atoms with Gasteiger partial charge in [0, 0.05) is 41.8 Å². The molecule has 0 saturated carbocycles. The number of thiophene rings is 1. The summed E-state index contributed by atoms with van der Waals surface area (Å²) < 4.78 is 26.0. The smallest absolute Gasteiger partial charge is 0.126 e. The average Bonchev–Trinajstić information content (AvgIpc) is 3.44. The van der Waals surface area contributed by atoms with Crippen molar-refractivity contribution < 1.29 is 13.9 Å². The van der Waals surface area contributed by atoms with Crippen LogP contribution in [0.15, 0.2) is 23.7 Å². The number of aryl methyl sites for hydroxylation is 2. The van der Waals surface area contributed by atoms with Crippen LogP contribution in [0.5, 0.6) is 0 Å². The Morgan fingerprint density at radius 1 is 1.17 bits per heavy atom. The first kappa shape index (κ1) is 19.7. The molecule has 5 heteroatoms. The van der Waals surface area contributed by atoms with Crippen molar-refractivity contribution >= 4 is 11.3 Å². The maximum Gasteiger partial charge on any atom is 0.126 e. The molecule has 1 aliphatic carbocycles. The number of unbranched alkanes of at least 4 members (excludes halogenated alkanes) is 1. The second kappa shape index (κ2) is 8.09. The molecule has 3 nitrogen and oxygen atoms in total. The van der Waals surface area contributed by atoms with Crippen molar-refractivity contribution in [2.45, 2.75) is 75.2 Å². The van der Waals surface area contributed by atoms with Gasteiger partial charge in [-0.1, -0.05) is 6.42 Å². The molecule has 2 saturated heterocycles. The first-order valence-electron chi connectivity index (χ1n) is 11.1. The van der Waals surface area contributed by atoms with Crippen molar-refractivity contribution in [2.24, 2.45) is 0 Å². The zero-order chi connectivity index (χ0) is 19.7. The number of fused-ring (bicyclic) bond motifs is 1. The van der Waals surface area contributed by atoms with Crippen LogP contribution in [0.3, 0.4) is 0 Å². The summed E-state index contributed by atoms with van der Waals surface area (Å²) >= 11 is 1.95.